The van der Waals surface area contributed by atoms with Crippen molar-refractivity contribution in [3.05, 3.63) is 48.3 Å². The van der Waals surface area contributed by atoms with Crippen LogP contribution in [-0.4, -0.2) is 20.4 Å². The van der Waals surface area contributed by atoms with Gasteiger partial charge in [-0.2, -0.15) is 0 Å². The molecule has 8 heteroatoms. The number of anilines is 2. The lowest BCUT2D eigenvalue weighted by Gasteiger charge is -2.11. The van der Waals surface area contributed by atoms with E-state index in [1.807, 2.05) is 0 Å². The van der Waals surface area contributed by atoms with Gasteiger partial charge in [0.15, 0.2) is 0 Å². The monoisotopic (exact) mass is 299 g/mol. The summed E-state index contributed by atoms with van der Waals surface area (Å²) in [6.45, 7) is 0. The van der Waals surface area contributed by atoms with Gasteiger partial charge in [0.05, 0.1) is 11.4 Å². The predicted octanol–water partition coefficient (Wildman–Crippen LogP) is 2.20. The van der Waals surface area contributed by atoms with Gasteiger partial charge >= 0.3 is 0 Å². The van der Waals surface area contributed by atoms with Gasteiger partial charge in [0.25, 0.3) is 10.0 Å². The van der Waals surface area contributed by atoms with Gasteiger partial charge in [0.1, 0.15) is 16.5 Å². The Morgan fingerprint density at radius 3 is 2.55 bits per heavy atom. The molecule has 0 aliphatic heterocycles. The molecule has 2 rings (SSSR count). The Labute approximate surface area is 114 Å². The lowest BCUT2D eigenvalue weighted by atomic mass is 10.3. The molecule has 0 aliphatic rings. The summed E-state index contributed by atoms with van der Waals surface area (Å²) in [4.78, 5) is 3.59. The third kappa shape index (κ3) is 2.85. The van der Waals surface area contributed by atoms with Crippen molar-refractivity contribution in [3.8, 4) is 0 Å². The van der Waals surface area contributed by atoms with Crippen molar-refractivity contribution in [1.29, 1.82) is 0 Å². The van der Waals surface area contributed by atoms with Crippen molar-refractivity contribution < 1.29 is 17.2 Å². The summed E-state index contributed by atoms with van der Waals surface area (Å²) in [5.41, 5.74) is -0.0210. The molecule has 0 unspecified atom stereocenters. The van der Waals surface area contributed by atoms with Gasteiger partial charge in [-0.15, -0.1) is 0 Å². The number of benzene rings is 1. The Morgan fingerprint density at radius 1 is 1.15 bits per heavy atom. The highest BCUT2D eigenvalue weighted by atomic mass is 32.2. The Hall–Kier alpha value is -2.22. The summed E-state index contributed by atoms with van der Waals surface area (Å²) < 4.78 is 52.7. The number of aromatic nitrogens is 1. The second-order valence-electron chi connectivity index (χ2n) is 3.85. The number of hydrogen-bond acceptors (Lipinski definition) is 4. The fourth-order valence-corrected chi connectivity index (χ4v) is 2.80. The van der Waals surface area contributed by atoms with Gasteiger partial charge in [0.2, 0.25) is 0 Å². The van der Waals surface area contributed by atoms with Crippen molar-refractivity contribution in [2.75, 3.05) is 17.1 Å². The molecule has 1 aromatic carbocycles. The first-order valence-electron chi connectivity index (χ1n) is 5.53. The topological polar surface area (TPSA) is 71.1 Å². The number of hydrogen-bond donors (Lipinski definition) is 2. The second-order valence-corrected chi connectivity index (χ2v) is 5.50. The highest BCUT2D eigenvalue weighted by Gasteiger charge is 2.20. The standard InChI is InChI=1S/C12H11F2N3O2S/c1-15-11-4-5-16-7-12(11)20(18,19)17-10-3-2-8(13)6-9(10)14/h2-7,17H,1H3,(H,15,16). The molecule has 106 valence electrons. The van der Waals surface area contributed by atoms with Crippen LogP contribution in [0.4, 0.5) is 20.2 Å². The number of halogens is 2. The molecule has 0 radical (unpaired) electrons. The fraction of sp³-hybridized carbons (Fsp3) is 0.0833. The molecule has 20 heavy (non-hydrogen) atoms. The number of sulfonamides is 1. The molecule has 5 nitrogen and oxygen atoms in total. The summed E-state index contributed by atoms with van der Waals surface area (Å²) in [7, 11) is -2.48. The first-order valence-corrected chi connectivity index (χ1v) is 7.02. The average Bonchev–Trinajstić information content (AvgIpc) is 2.42. The van der Waals surface area contributed by atoms with Crippen LogP contribution in [0.5, 0.6) is 0 Å². The summed E-state index contributed by atoms with van der Waals surface area (Å²) in [6.07, 6.45) is 2.55. The summed E-state index contributed by atoms with van der Waals surface area (Å²) in [5.74, 6) is -1.79. The van der Waals surface area contributed by atoms with Gasteiger partial charge in [-0.3, -0.25) is 9.71 Å². The summed E-state index contributed by atoms with van der Waals surface area (Å²) >= 11 is 0. The lowest BCUT2D eigenvalue weighted by Crippen LogP contribution is -2.16. The minimum atomic E-state index is -4.03. The van der Waals surface area contributed by atoms with Crippen LogP contribution in [0.25, 0.3) is 0 Å². The molecule has 1 heterocycles. The Kier molecular flexibility index (Phi) is 3.84. The maximum absolute atomic E-state index is 13.5. The minimum Gasteiger partial charge on any atom is -0.387 e. The van der Waals surface area contributed by atoms with Crippen LogP contribution < -0.4 is 10.0 Å². The maximum atomic E-state index is 13.5. The van der Waals surface area contributed by atoms with Crippen LogP contribution >= 0.6 is 0 Å². The van der Waals surface area contributed by atoms with Crippen molar-refractivity contribution in [2.45, 2.75) is 4.90 Å². The molecule has 0 atom stereocenters. The SMILES string of the molecule is CNc1ccncc1S(=O)(=O)Nc1ccc(F)cc1F. The molecule has 2 aromatic rings. The quantitative estimate of drug-likeness (QED) is 0.908. The van der Waals surface area contributed by atoms with Crippen LogP contribution in [0.3, 0.4) is 0 Å². The molecule has 2 N–H and O–H groups in total. The van der Waals surface area contributed by atoms with Crippen LogP contribution in [0.2, 0.25) is 0 Å². The van der Waals surface area contributed by atoms with Crippen molar-refractivity contribution >= 4 is 21.4 Å². The first kappa shape index (κ1) is 14.2. The molecular formula is C12H11F2N3O2S. The zero-order valence-electron chi connectivity index (χ0n) is 10.4. The zero-order valence-corrected chi connectivity index (χ0v) is 11.2. The Balaban J connectivity index is 2.41. The van der Waals surface area contributed by atoms with E-state index in [0.717, 1.165) is 18.3 Å². The molecule has 0 saturated carbocycles. The first-order chi connectivity index (χ1) is 9.44. The second kappa shape index (κ2) is 5.41. The van der Waals surface area contributed by atoms with Gasteiger partial charge in [0, 0.05) is 25.5 Å². The normalized spacial score (nSPS) is 11.2. The van der Waals surface area contributed by atoms with Crippen LogP contribution in [0, 0.1) is 11.6 Å². The highest BCUT2D eigenvalue weighted by Crippen LogP contribution is 2.23. The third-order valence-corrected chi connectivity index (χ3v) is 3.91. The largest absolute Gasteiger partial charge is 0.387 e. The molecule has 0 saturated heterocycles. The summed E-state index contributed by atoms with van der Waals surface area (Å²) in [6, 6.07) is 4.04. The van der Waals surface area contributed by atoms with Gasteiger partial charge in [-0.1, -0.05) is 0 Å². The van der Waals surface area contributed by atoms with E-state index in [1.165, 1.54) is 12.3 Å². The molecule has 0 bridgehead atoms. The number of nitrogens with one attached hydrogen (secondary N) is 2. The van der Waals surface area contributed by atoms with Crippen molar-refractivity contribution in [1.82, 2.24) is 4.98 Å². The van der Waals surface area contributed by atoms with Crippen LogP contribution in [-0.2, 0) is 10.0 Å². The van der Waals surface area contributed by atoms with E-state index in [-0.39, 0.29) is 10.6 Å². The van der Waals surface area contributed by atoms with E-state index in [4.69, 9.17) is 0 Å². The number of rotatable bonds is 4. The van der Waals surface area contributed by atoms with Crippen LogP contribution in [0.15, 0.2) is 41.6 Å². The Bertz CT molecular complexity index is 735. The smallest absolute Gasteiger partial charge is 0.265 e. The van der Waals surface area contributed by atoms with Gasteiger partial charge in [-0.05, 0) is 18.2 Å². The van der Waals surface area contributed by atoms with Gasteiger partial charge < -0.3 is 5.32 Å². The van der Waals surface area contributed by atoms with Crippen molar-refractivity contribution in [2.24, 2.45) is 0 Å². The maximum Gasteiger partial charge on any atom is 0.265 e. The van der Waals surface area contributed by atoms with E-state index < -0.39 is 21.7 Å². The molecule has 0 amide bonds. The molecule has 0 aliphatic carbocycles. The average molecular weight is 299 g/mol. The zero-order chi connectivity index (χ0) is 14.8. The Morgan fingerprint density at radius 2 is 1.90 bits per heavy atom. The van der Waals surface area contributed by atoms with E-state index in [1.54, 1.807) is 7.05 Å². The van der Waals surface area contributed by atoms with Crippen molar-refractivity contribution in [3.63, 3.8) is 0 Å². The highest BCUT2D eigenvalue weighted by molar-refractivity contribution is 7.92. The number of nitrogens with zero attached hydrogens (tertiary/aromatic N) is 1. The fourth-order valence-electron chi connectivity index (χ4n) is 1.57. The van der Waals surface area contributed by atoms with Crippen LogP contribution in [0.1, 0.15) is 0 Å². The predicted molar refractivity (Wildman–Crippen MR) is 71.0 cm³/mol. The van der Waals surface area contributed by atoms with E-state index >= 15 is 0 Å². The molecule has 1 aromatic heterocycles. The van der Waals surface area contributed by atoms with E-state index in [9.17, 15) is 17.2 Å². The molecule has 0 fully saturated rings. The van der Waals surface area contributed by atoms with E-state index in [0.29, 0.717) is 11.8 Å². The summed E-state index contributed by atoms with van der Waals surface area (Å²) in [5, 5.41) is 2.70. The van der Waals surface area contributed by atoms with E-state index in [2.05, 4.69) is 15.0 Å². The lowest BCUT2D eigenvalue weighted by molar-refractivity contribution is 0.582. The molecular weight excluding hydrogens is 288 g/mol. The number of pyridine rings is 1. The third-order valence-electron chi connectivity index (χ3n) is 2.52. The molecule has 0 spiro atoms. The minimum absolute atomic E-state index is 0.133. The van der Waals surface area contributed by atoms with Gasteiger partial charge in [-0.25, -0.2) is 17.2 Å².